The molecule has 0 rings (SSSR count). The molecule has 56 valence electrons. The molecule has 0 radical (unpaired) electrons. The third kappa shape index (κ3) is 1.93. The summed E-state index contributed by atoms with van der Waals surface area (Å²) in [6.07, 6.45) is 1.77. The minimum atomic E-state index is 0. The molecule has 0 bridgehead atoms. The average Bonchev–Trinajstić information content (AvgIpc) is 1.64. The summed E-state index contributed by atoms with van der Waals surface area (Å²) in [7, 11) is 0. The molecule has 1 heteroatoms. The Bertz CT molecular complexity index is 106. The largest absolute Gasteiger partial charge is 0.517 e. The summed E-state index contributed by atoms with van der Waals surface area (Å²) in [5, 5.41) is 0. The summed E-state index contributed by atoms with van der Waals surface area (Å²) in [6.45, 7) is 16.3. The van der Waals surface area contributed by atoms with Crippen LogP contribution < -0.4 is 0 Å². The van der Waals surface area contributed by atoms with Gasteiger partial charge in [-0.3, -0.25) is 6.08 Å². The van der Waals surface area contributed by atoms with Crippen molar-refractivity contribution in [2.24, 2.45) is 10.8 Å². The Morgan fingerprint density at radius 1 is 1.00 bits per heavy atom. The van der Waals surface area contributed by atoms with Gasteiger partial charge in [-0.2, -0.15) is 0 Å². The minimum Gasteiger partial charge on any atom is -0.517 e. The fraction of sp³-hybridized carbons (Fsp3) is 0.778. The van der Waals surface area contributed by atoms with Crippen molar-refractivity contribution in [3.05, 3.63) is 12.7 Å². The zero-order valence-electron chi connectivity index (χ0n) is 7.86. The number of allylic oxidation sites excluding steroid dienone is 1. The molecule has 0 aromatic rings. The van der Waals surface area contributed by atoms with Crippen LogP contribution in [0.15, 0.2) is 6.08 Å². The van der Waals surface area contributed by atoms with Crippen molar-refractivity contribution < 1.29 is 0 Å². The van der Waals surface area contributed by atoms with Gasteiger partial charge in [-0.05, 0) is 10.8 Å². The van der Waals surface area contributed by atoms with Gasteiger partial charge in [-0.1, -0.05) is 34.6 Å². The van der Waals surface area contributed by atoms with Gasteiger partial charge in [0.1, 0.15) is 0 Å². The Hall–Kier alpha value is -1.26. The molecule has 0 heterocycles. The first-order chi connectivity index (χ1) is 3.81. The van der Waals surface area contributed by atoms with Crippen molar-refractivity contribution in [3.8, 4) is 0 Å². The second-order valence-electron chi connectivity index (χ2n) is 4.14. The second kappa shape index (κ2) is 2.55. The summed E-state index contributed by atoms with van der Waals surface area (Å²) >= 11 is 0. The predicted molar refractivity (Wildman–Crippen MR) is 42.1 cm³/mol. The van der Waals surface area contributed by atoms with Crippen LogP contribution in [0.5, 0.6) is 0 Å². The number of rotatable bonds is 1. The second-order valence-corrected chi connectivity index (χ2v) is 4.14. The molecule has 0 atom stereocenters. The monoisotopic (exact) mass is 392 g/mol. The molecule has 10 heavy (non-hydrogen) atoms. The predicted octanol–water partition coefficient (Wildman–Crippen LogP) is 3.05. The molecular weight excluding hydrogens is 375 g/mol. The normalized spacial score (nSPS) is 12.1. The fourth-order valence-corrected chi connectivity index (χ4v) is 0.250. The van der Waals surface area contributed by atoms with Gasteiger partial charge in [-0.25, -0.2) is 0 Å². The molecule has 0 aromatic carbocycles. The minimum absolute atomic E-state index is 0. The SMILES string of the molecule is [CH-]=CC(C)(C)C(C)(C)C.[Rf]. The zero-order valence-corrected chi connectivity index (χ0v) is 14.3. The van der Waals surface area contributed by atoms with Crippen molar-refractivity contribution in [1.82, 2.24) is 0 Å². The molecule has 0 aliphatic rings. The smallest absolute Gasteiger partial charge is 0 e. The zero-order chi connectivity index (χ0) is 7.71. The van der Waals surface area contributed by atoms with E-state index in [0.717, 1.165) is 0 Å². The van der Waals surface area contributed by atoms with E-state index in [2.05, 4.69) is 34.6 Å². The maximum Gasteiger partial charge on any atom is 0 e. The van der Waals surface area contributed by atoms with Crippen molar-refractivity contribution in [2.75, 3.05) is 0 Å². The summed E-state index contributed by atoms with van der Waals surface area (Å²) in [4.78, 5) is 0. The van der Waals surface area contributed by atoms with Crippen LogP contribution in [0.3, 0.4) is 0 Å². The standard InChI is InChI=1S/C9H17.Rf/c1-7-9(5,6)8(2,3)4;/h1,7H,2-6H3;/q-1;. The van der Waals surface area contributed by atoms with Crippen molar-refractivity contribution in [3.63, 3.8) is 0 Å². The quantitative estimate of drug-likeness (QED) is 0.602. The summed E-state index contributed by atoms with van der Waals surface area (Å²) in [5.41, 5.74) is 0.398. The molecule has 0 spiro atoms. The number of hydrogen-bond acceptors (Lipinski definition) is 0. The van der Waals surface area contributed by atoms with Gasteiger partial charge in [0, 0.05) is 0 Å². The Morgan fingerprint density at radius 2 is 1.30 bits per heavy atom. The Balaban J connectivity index is 0. The van der Waals surface area contributed by atoms with Gasteiger partial charge in [0.05, 0.1) is 0 Å². The first-order valence-electron chi connectivity index (χ1n) is 3.37. The van der Waals surface area contributed by atoms with Gasteiger partial charge in [-0.15, -0.1) is 0 Å². The fourth-order valence-electron chi connectivity index (χ4n) is 0.250. The van der Waals surface area contributed by atoms with Crippen LogP contribution in [0.25, 0.3) is 0 Å². The molecule has 0 aliphatic carbocycles. The van der Waals surface area contributed by atoms with E-state index in [0.29, 0.717) is 0 Å². The molecule has 0 nitrogen and oxygen atoms in total. The summed E-state index contributed by atoms with van der Waals surface area (Å²) in [6, 6.07) is 0. The van der Waals surface area contributed by atoms with E-state index in [9.17, 15) is 0 Å². The van der Waals surface area contributed by atoms with Gasteiger partial charge < -0.3 is 6.58 Å². The van der Waals surface area contributed by atoms with Gasteiger partial charge >= 0.3 is 0 Å². The summed E-state index contributed by atoms with van der Waals surface area (Å²) < 4.78 is 0. The van der Waals surface area contributed by atoms with Gasteiger partial charge in [0.2, 0.25) is 0 Å². The van der Waals surface area contributed by atoms with Crippen molar-refractivity contribution in [1.29, 1.82) is 0 Å². The van der Waals surface area contributed by atoms with Crippen LogP contribution in [0.4, 0.5) is 0 Å². The first-order valence-corrected chi connectivity index (χ1v) is 3.37. The van der Waals surface area contributed by atoms with Gasteiger partial charge in [0.15, 0.2) is 0 Å². The molecule has 0 aliphatic heterocycles. The van der Waals surface area contributed by atoms with E-state index in [1.165, 1.54) is 0 Å². The van der Waals surface area contributed by atoms with E-state index in [4.69, 9.17) is 6.58 Å². The van der Waals surface area contributed by atoms with Crippen LogP contribution in [0.1, 0.15) is 34.6 Å². The number of hydrogen-bond donors (Lipinski definition) is 0. The maximum atomic E-state index is 5.47. The Kier molecular flexibility index (Phi) is 2.94. The van der Waals surface area contributed by atoms with E-state index >= 15 is 0 Å². The third-order valence-corrected chi connectivity index (χ3v) is 2.35. The molecule has 0 fully saturated rings. The molecule has 0 amide bonds. The van der Waals surface area contributed by atoms with Crippen molar-refractivity contribution in [2.45, 2.75) is 34.6 Å². The molecule has 0 unspecified atom stereocenters. The topological polar surface area (TPSA) is 0 Å². The Morgan fingerprint density at radius 3 is 1.30 bits per heavy atom. The first kappa shape index (κ1) is 11.5. The molecule has 0 aromatic heterocycles. The van der Waals surface area contributed by atoms with Crippen LogP contribution in [-0.4, -0.2) is 0 Å². The van der Waals surface area contributed by atoms with Crippen LogP contribution in [-0.2, 0) is 0 Å². The maximum absolute atomic E-state index is 5.47. The van der Waals surface area contributed by atoms with E-state index in [1.807, 2.05) is 0 Å². The molecular formula is C9H17Rf-. The van der Waals surface area contributed by atoms with Gasteiger partial charge in [0.25, 0.3) is 0 Å². The van der Waals surface area contributed by atoms with Crippen LogP contribution >= 0.6 is 0 Å². The third-order valence-electron chi connectivity index (χ3n) is 2.35. The van der Waals surface area contributed by atoms with E-state index < -0.39 is 0 Å². The summed E-state index contributed by atoms with van der Waals surface area (Å²) in [5.74, 6) is 0. The van der Waals surface area contributed by atoms with Crippen LogP contribution in [0.2, 0.25) is 0 Å². The molecule has 0 saturated carbocycles. The molecule has 0 saturated heterocycles. The van der Waals surface area contributed by atoms with E-state index in [1.54, 1.807) is 6.08 Å². The Labute approximate surface area is 59.0 Å². The van der Waals surface area contributed by atoms with Crippen molar-refractivity contribution >= 4 is 0 Å². The molecule has 0 N–H and O–H groups in total. The average molecular weight is 392 g/mol. The van der Waals surface area contributed by atoms with E-state index in [-0.39, 0.29) is 10.8 Å². The van der Waals surface area contributed by atoms with Crippen LogP contribution in [0, 0.1) is 17.4 Å².